The Morgan fingerprint density at radius 3 is 2.18 bits per heavy atom. The van der Waals surface area contributed by atoms with E-state index in [0.717, 1.165) is 30.7 Å². The van der Waals surface area contributed by atoms with Gasteiger partial charge in [-0.15, -0.1) is 0 Å². The molecule has 0 aliphatic rings. The fraction of sp³-hybridized carbons (Fsp3) is 0.722. The Labute approximate surface area is 134 Å². The topological polar surface area (TPSA) is 52.1 Å². The van der Waals surface area contributed by atoms with Gasteiger partial charge in [-0.2, -0.15) is 0 Å². The number of esters is 1. The molecule has 1 aromatic rings. The first-order valence-electron chi connectivity index (χ1n) is 8.08. The molecule has 22 heavy (non-hydrogen) atoms. The Morgan fingerprint density at radius 2 is 1.73 bits per heavy atom. The molecule has 1 rings (SSSR count). The van der Waals surface area contributed by atoms with E-state index < -0.39 is 5.41 Å². The van der Waals surface area contributed by atoms with Crippen LogP contribution in [0.5, 0.6) is 0 Å². The molecule has 1 heterocycles. The number of carbonyl (C=O) groups is 1. The lowest BCUT2D eigenvalue weighted by atomic mass is 9.85. The number of rotatable bonds is 6. The smallest absolute Gasteiger partial charge is 0.311 e. The molecule has 0 radical (unpaired) electrons. The van der Waals surface area contributed by atoms with Crippen LogP contribution in [0.25, 0.3) is 0 Å². The molecule has 4 heteroatoms. The first-order valence-corrected chi connectivity index (χ1v) is 8.08. The molecule has 124 valence electrons. The SMILES string of the molecule is CCc1cnc(C(C)(C)CCC(C)OC(=O)C(C)(C)C)nc1. The van der Waals surface area contributed by atoms with Crippen LogP contribution in [0.3, 0.4) is 0 Å². The average molecular weight is 306 g/mol. The Kier molecular flexibility index (Phi) is 6.09. The second kappa shape index (κ2) is 7.21. The lowest BCUT2D eigenvalue weighted by Crippen LogP contribution is -2.28. The maximum Gasteiger partial charge on any atom is 0.311 e. The van der Waals surface area contributed by atoms with E-state index >= 15 is 0 Å². The second-order valence-corrected chi connectivity index (χ2v) is 7.66. The predicted octanol–water partition coefficient (Wildman–Crippen LogP) is 4.07. The normalized spacial score (nSPS) is 13.8. The van der Waals surface area contributed by atoms with Crippen LogP contribution in [0.4, 0.5) is 0 Å². The van der Waals surface area contributed by atoms with Gasteiger partial charge in [-0.1, -0.05) is 20.8 Å². The van der Waals surface area contributed by atoms with E-state index in [1.165, 1.54) is 0 Å². The summed E-state index contributed by atoms with van der Waals surface area (Å²) >= 11 is 0. The third kappa shape index (κ3) is 5.39. The molecule has 1 unspecified atom stereocenters. The van der Waals surface area contributed by atoms with Gasteiger partial charge < -0.3 is 4.74 Å². The summed E-state index contributed by atoms with van der Waals surface area (Å²) in [6, 6.07) is 0. The van der Waals surface area contributed by atoms with Crippen LogP contribution < -0.4 is 0 Å². The molecule has 0 aromatic carbocycles. The molecule has 0 fully saturated rings. The van der Waals surface area contributed by atoms with Crippen molar-refractivity contribution in [2.45, 2.75) is 79.2 Å². The summed E-state index contributed by atoms with van der Waals surface area (Å²) in [7, 11) is 0. The molecule has 0 N–H and O–H groups in total. The van der Waals surface area contributed by atoms with Crippen molar-refractivity contribution in [2.75, 3.05) is 0 Å². The maximum atomic E-state index is 11.9. The number of hydrogen-bond acceptors (Lipinski definition) is 4. The van der Waals surface area contributed by atoms with E-state index in [0.29, 0.717) is 0 Å². The third-order valence-electron chi connectivity index (χ3n) is 3.82. The number of ether oxygens (including phenoxy) is 1. The van der Waals surface area contributed by atoms with Crippen LogP contribution in [0.15, 0.2) is 12.4 Å². The van der Waals surface area contributed by atoms with Gasteiger partial charge in [0.2, 0.25) is 0 Å². The molecule has 0 saturated carbocycles. The molecule has 1 aromatic heterocycles. The van der Waals surface area contributed by atoms with Gasteiger partial charge in [-0.25, -0.2) is 9.97 Å². The standard InChI is InChI=1S/C18H30N2O2/c1-8-14-11-19-15(20-12-14)18(6,7)10-9-13(2)22-16(21)17(3,4)5/h11-13H,8-10H2,1-7H3. The first kappa shape index (κ1) is 18.6. The van der Waals surface area contributed by atoms with Crippen LogP contribution in [0, 0.1) is 5.41 Å². The number of hydrogen-bond donors (Lipinski definition) is 0. The number of carbonyl (C=O) groups excluding carboxylic acids is 1. The minimum absolute atomic E-state index is 0.0964. The largest absolute Gasteiger partial charge is 0.462 e. The van der Waals surface area contributed by atoms with Crippen LogP contribution in [-0.2, 0) is 21.4 Å². The molecule has 0 aliphatic heterocycles. The Balaban J connectivity index is 2.59. The van der Waals surface area contributed by atoms with Crippen molar-refractivity contribution in [3.05, 3.63) is 23.8 Å². The van der Waals surface area contributed by atoms with E-state index in [2.05, 4.69) is 30.7 Å². The highest BCUT2D eigenvalue weighted by Crippen LogP contribution is 2.27. The predicted molar refractivity (Wildman–Crippen MR) is 88.7 cm³/mol. The molecule has 0 bridgehead atoms. The zero-order valence-electron chi connectivity index (χ0n) is 15.1. The van der Waals surface area contributed by atoms with Gasteiger partial charge in [-0.05, 0) is 52.5 Å². The number of nitrogens with zero attached hydrogens (tertiary/aromatic N) is 2. The summed E-state index contributed by atoms with van der Waals surface area (Å²) in [5.74, 6) is 0.695. The van der Waals surface area contributed by atoms with Gasteiger partial charge in [-0.3, -0.25) is 4.79 Å². The summed E-state index contributed by atoms with van der Waals surface area (Å²) in [5.41, 5.74) is 0.560. The van der Waals surface area contributed by atoms with Crippen LogP contribution >= 0.6 is 0 Å². The summed E-state index contributed by atoms with van der Waals surface area (Å²) in [4.78, 5) is 20.9. The fourth-order valence-electron chi connectivity index (χ4n) is 1.98. The van der Waals surface area contributed by atoms with Gasteiger partial charge in [0, 0.05) is 17.8 Å². The van der Waals surface area contributed by atoms with Gasteiger partial charge >= 0.3 is 5.97 Å². The molecular weight excluding hydrogens is 276 g/mol. The average Bonchev–Trinajstić information content (AvgIpc) is 2.44. The highest BCUT2D eigenvalue weighted by atomic mass is 16.5. The molecule has 1 atom stereocenters. The summed E-state index contributed by atoms with van der Waals surface area (Å²) in [6.45, 7) is 13.9. The minimum Gasteiger partial charge on any atom is -0.462 e. The molecular formula is C18H30N2O2. The van der Waals surface area contributed by atoms with Gasteiger partial charge in [0.1, 0.15) is 5.82 Å². The van der Waals surface area contributed by atoms with Crippen molar-refractivity contribution in [1.82, 2.24) is 9.97 Å². The third-order valence-corrected chi connectivity index (χ3v) is 3.82. The van der Waals surface area contributed by atoms with E-state index in [1.54, 1.807) is 0 Å². The number of aryl methyl sites for hydroxylation is 1. The van der Waals surface area contributed by atoms with E-state index in [4.69, 9.17) is 4.74 Å². The van der Waals surface area contributed by atoms with Crippen molar-refractivity contribution in [3.8, 4) is 0 Å². The fourth-order valence-corrected chi connectivity index (χ4v) is 1.98. The molecule has 4 nitrogen and oxygen atoms in total. The maximum absolute atomic E-state index is 11.9. The number of aromatic nitrogens is 2. The summed E-state index contributed by atoms with van der Waals surface area (Å²) in [5, 5.41) is 0. The van der Waals surface area contributed by atoms with Gasteiger partial charge in [0.25, 0.3) is 0 Å². The van der Waals surface area contributed by atoms with Crippen LogP contribution in [-0.4, -0.2) is 22.0 Å². The van der Waals surface area contributed by atoms with Crippen molar-refractivity contribution in [2.24, 2.45) is 5.41 Å². The lowest BCUT2D eigenvalue weighted by molar-refractivity contribution is -0.158. The zero-order chi connectivity index (χ0) is 17.0. The Hall–Kier alpha value is -1.45. The Morgan fingerprint density at radius 1 is 1.18 bits per heavy atom. The monoisotopic (exact) mass is 306 g/mol. The van der Waals surface area contributed by atoms with Gasteiger partial charge in [0.05, 0.1) is 11.5 Å². The lowest BCUT2D eigenvalue weighted by Gasteiger charge is -2.26. The summed E-state index contributed by atoms with van der Waals surface area (Å²) in [6.07, 6.45) is 6.31. The van der Waals surface area contributed by atoms with Crippen molar-refractivity contribution < 1.29 is 9.53 Å². The van der Waals surface area contributed by atoms with E-state index in [-0.39, 0.29) is 17.5 Å². The van der Waals surface area contributed by atoms with Crippen LogP contribution in [0.1, 0.15) is 72.7 Å². The zero-order valence-corrected chi connectivity index (χ0v) is 15.1. The first-order chi connectivity index (χ1) is 10.1. The molecule has 0 saturated heterocycles. The second-order valence-electron chi connectivity index (χ2n) is 7.66. The van der Waals surface area contributed by atoms with Crippen molar-refractivity contribution in [1.29, 1.82) is 0 Å². The van der Waals surface area contributed by atoms with Crippen LogP contribution in [0.2, 0.25) is 0 Å². The Bertz CT molecular complexity index is 487. The highest BCUT2D eigenvalue weighted by Gasteiger charge is 2.28. The molecule has 0 amide bonds. The summed E-state index contributed by atoms with van der Waals surface area (Å²) < 4.78 is 5.50. The molecule has 0 aliphatic carbocycles. The van der Waals surface area contributed by atoms with Crippen molar-refractivity contribution >= 4 is 5.97 Å². The molecule has 0 spiro atoms. The van der Waals surface area contributed by atoms with Gasteiger partial charge in [0.15, 0.2) is 0 Å². The highest BCUT2D eigenvalue weighted by molar-refractivity contribution is 5.75. The van der Waals surface area contributed by atoms with E-state index in [1.807, 2.05) is 40.1 Å². The van der Waals surface area contributed by atoms with E-state index in [9.17, 15) is 4.79 Å². The van der Waals surface area contributed by atoms with Crippen molar-refractivity contribution in [3.63, 3.8) is 0 Å². The quantitative estimate of drug-likeness (QED) is 0.743. The minimum atomic E-state index is -0.455.